The number of nitrogens with one attached hydrogen (secondary N) is 1. The minimum Gasteiger partial charge on any atom is -0.350 e. The smallest absolute Gasteiger partial charge is 0.269 e. The van der Waals surface area contributed by atoms with Gasteiger partial charge in [-0.05, 0) is 56.5 Å². The van der Waals surface area contributed by atoms with E-state index in [0.717, 1.165) is 9.87 Å². The molecule has 0 saturated heterocycles. The van der Waals surface area contributed by atoms with Crippen LogP contribution in [0.25, 0.3) is 0 Å². The van der Waals surface area contributed by atoms with Crippen molar-refractivity contribution in [3.63, 3.8) is 0 Å². The highest BCUT2D eigenvalue weighted by Gasteiger charge is 2.40. The molecule has 0 unspecified atom stereocenters. The van der Waals surface area contributed by atoms with Gasteiger partial charge in [-0.15, -0.1) is 0 Å². The molecule has 3 amide bonds. The molecular weight excluding hydrogens is 562 g/mol. The first-order chi connectivity index (χ1) is 19.4. The molecule has 0 spiro atoms. The molecule has 0 aromatic heterocycles. The van der Waals surface area contributed by atoms with Crippen LogP contribution in [-0.2, 0) is 32.6 Å². The standard InChI is InChI=1S/C31H34ClN3O5S/c1-31(2,3)33-29(37)26(20-22-12-5-4-6-13-22)34(21-23-14-7-9-16-25(23)32)28(36)18-11-19-35-30(38)24-15-8-10-17-27(24)41(35,39)40/h4-10,12-17,26H,11,18-21H2,1-3H3,(H,33,37)/t26-/m0/s1. The van der Waals surface area contributed by atoms with Crippen molar-refractivity contribution < 1.29 is 22.8 Å². The van der Waals surface area contributed by atoms with E-state index >= 15 is 0 Å². The summed E-state index contributed by atoms with van der Waals surface area (Å²) < 4.78 is 26.7. The molecule has 0 aliphatic carbocycles. The monoisotopic (exact) mass is 595 g/mol. The van der Waals surface area contributed by atoms with Crippen molar-refractivity contribution >= 4 is 39.3 Å². The number of fused-ring (bicyclic) bond motifs is 1. The third kappa shape index (κ3) is 7.15. The zero-order valence-electron chi connectivity index (χ0n) is 23.3. The highest BCUT2D eigenvalue weighted by molar-refractivity contribution is 7.90. The van der Waals surface area contributed by atoms with Crippen molar-refractivity contribution in [2.45, 2.75) is 63.1 Å². The number of nitrogens with zero attached hydrogens (tertiary/aromatic N) is 2. The van der Waals surface area contributed by atoms with Crippen LogP contribution in [0.4, 0.5) is 0 Å². The molecule has 4 rings (SSSR count). The summed E-state index contributed by atoms with van der Waals surface area (Å²) in [5.74, 6) is -1.27. The van der Waals surface area contributed by atoms with E-state index in [-0.39, 0.29) is 54.6 Å². The summed E-state index contributed by atoms with van der Waals surface area (Å²) in [7, 11) is -3.98. The van der Waals surface area contributed by atoms with Crippen LogP contribution in [0.5, 0.6) is 0 Å². The largest absolute Gasteiger partial charge is 0.350 e. The molecule has 3 aromatic rings. The molecule has 8 nitrogen and oxygen atoms in total. The Kier molecular flexibility index (Phi) is 9.19. The van der Waals surface area contributed by atoms with Gasteiger partial charge in [0, 0.05) is 36.5 Å². The minimum absolute atomic E-state index is 0.0292. The summed E-state index contributed by atoms with van der Waals surface area (Å²) in [6.07, 6.45) is 0.289. The first-order valence-corrected chi connectivity index (χ1v) is 15.3. The maximum absolute atomic E-state index is 13.8. The van der Waals surface area contributed by atoms with E-state index in [1.165, 1.54) is 17.0 Å². The highest BCUT2D eigenvalue weighted by Crippen LogP contribution is 2.30. The topological polar surface area (TPSA) is 104 Å². The first-order valence-electron chi connectivity index (χ1n) is 13.4. The van der Waals surface area contributed by atoms with Crippen LogP contribution in [0, 0.1) is 0 Å². The normalized spacial score (nSPS) is 14.8. The minimum atomic E-state index is -3.98. The van der Waals surface area contributed by atoms with Gasteiger partial charge < -0.3 is 10.2 Å². The first kappa shape index (κ1) is 30.3. The SMILES string of the molecule is CC(C)(C)NC(=O)[C@H](Cc1ccccc1)N(Cc1ccccc1Cl)C(=O)CCCN1C(=O)c2ccccc2S1(=O)=O. The lowest BCUT2D eigenvalue weighted by molar-refractivity contribution is -0.142. The molecule has 0 radical (unpaired) electrons. The Morgan fingerprint density at radius 3 is 2.24 bits per heavy atom. The highest BCUT2D eigenvalue weighted by atomic mass is 35.5. The van der Waals surface area contributed by atoms with Crippen LogP contribution < -0.4 is 5.32 Å². The Labute approximate surface area is 246 Å². The van der Waals surface area contributed by atoms with Crippen molar-refractivity contribution in [1.29, 1.82) is 0 Å². The Balaban J connectivity index is 1.59. The number of carbonyl (C=O) groups is 3. The van der Waals surface area contributed by atoms with Crippen LogP contribution in [0.3, 0.4) is 0 Å². The quantitative estimate of drug-likeness (QED) is 0.362. The summed E-state index contributed by atoms with van der Waals surface area (Å²) in [4.78, 5) is 41.8. The molecule has 0 saturated carbocycles. The lowest BCUT2D eigenvalue weighted by atomic mass is 10.00. The molecule has 10 heteroatoms. The van der Waals surface area contributed by atoms with Gasteiger partial charge in [0.15, 0.2) is 0 Å². The van der Waals surface area contributed by atoms with Crippen LogP contribution >= 0.6 is 11.6 Å². The average Bonchev–Trinajstić information content (AvgIpc) is 3.11. The lowest BCUT2D eigenvalue weighted by Gasteiger charge is -2.34. The Bertz CT molecular complexity index is 1540. The number of sulfonamides is 1. The number of hydrogen-bond donors (Lipinski definition) is 1. The van der Waals surface area contributed by atoms with Gasteiger partial charge in [-0.3, -0.25) is 14.4 Å². The number of carbonyl (C=O) groups excluding carboxylic acids is 3. The van der Waals surface area contributed by atoms with Crippen LogP contribution in [0.1, 0.15) is 55.1 Å². The van der Waals surface area contributed by atoms with E-state index in [4.69, 9.17) is 11.6 Å². The third-order valence-electron chi connectivity index (χ3n) is 6.73. The van der Waals surface area contributed by atoms with Crippen molar-refractivity contribution in [3.8, 4) is 0 Å². The number of amides is 3. The van der Waals surface area contributed by atoms with Gasteiger partial charge in [0.2, 0.25) is 11.8 Å². The summed E-state index contributed by atoms with van der Waals surface area (Å²) in [6, 6.07) is 21.8. The van der Waals surface area contributed by atoms with Crippen molar-refractivity contribution in [2.24, 2.45) is 0 Å². The van der Waals surface area contributed by atoms with Gasteiger partial charge >= 0.3 is 0 Å². The molecule has 3 aromatic carbocycles. The van der Waals surface area contributed by atoms with Gasteiger partial charge in [0.1, 0.15) is 10.9 Å². The number of hydrogen-bond acceptors (Lipinski definition) is 5. The second-order valence-corrected chi connectivity index (χ2v) is 13.3. The van der Waals surface area contributed by atoms with Crippen molar-refractivity contribution in [1.82, 2.24) is 14.5 Å². The molecule has 0 bridgehead atoms. The summed E-state index contributed by atoms with van der Waals surface area (Å²) in [6.45, 7) is 5.54. The fourth-order valence-corrected chi connectivity index (χ4v) is 6.59. The van der Waals surface area contributed by atoms with Crippen molar-refractivity contribution in [2.75, 3.05) is 6.54 Å². The maximum Gasteiger partial charge on any atom is 0.269 e. The molecule has 41 heavy (non-hydrogen) atoms. The van der Waals surface area contributed by atoms with Gasteiger partial charge in [-0.1, -0.05) is 72.3 Å². The fourth-order valence-electron chi connectivity index (χ4n) is 4.79. The molecule has 1 aliphatic rings. The van der Waals surface area contributed by atoms with E-state index in [0.29, 0.717) is 10.6 Å². The van der Waals surface area contributed by atoms with E-state index in [1.54, 1.807) is 30.3 Å². The summed E-state index contributed by atoms with van der Waals surface area (Å²) in [5.41, 5.74) is 1.15. The molecule has 1 atom stereocenters. The van der Waals surface area contributed by atoms with Crippen LogP contribution in [0.15, 0.2) is 83.8 Å². The molecule has 0 fully saturated rings. The Hall–Kier alpha value is -3.69. The van der Waals surface area contributed by atoms with Gasteiger partial charge in [-0.2, -0.15) is 0 Å². The molecule has 1 N–H and O–H groups in total. The average molecular weight is 596 g/mol. The zero-order chi connectivity index (χ0) is 29.8. The Morgan fingerprint density at radius 2 is 1.59 bits per heavy atom. The van der Waals surface area contributed by atoms with E-state index in [2.05, 4.69) is 5.32 Å². The molecular formula is C31H34ClN3O5S. The van der Waals surface area contributed by atoms with Gasteiger partial charge in [0.05, 0.1) is 5.56 Å². The predicted molar refractivity (Wildman–Crippen MR) is 158 cm³/mol. The van der Waals surface area contributed by atoms with E-state index in [1.807, 2.05) is 57.2 Å². The number of rotatable bonds is 10. The fraction of sp³-hybridized carbons (Fsp3) is 0.323. The Morgan fingerprint density at radius 1 is 0.951 bits per heavy atom. The van der Waals surface area contributed by atoms with Crippen LogP contribution in [-0.4, -0.2) is 53.5 Å². The third-order valence-corrected chi connectivity index (χ3v) is 8.94. The second kappa shape index (κ2) is 12.4. The lowest BCUT2D eigenvalue weighted by Crippen LogP contribution is -2.54. The molecule has 1 aliphatic heterocycles. The zero-order valence-corrected chi connectivity index (χ0v) is 24.9. The van der Waals surface area contributed by atoms with Gasteiger partial charge in [0.25, 0.3) is 15.9 Å². The van der Waals surface area contributed by atoms with E-state index < -0.39 is 27.5 Å². The second-order valence-electron chi connectivity index (χ2n) is 11.0. The van der Waals surface area contributed by atoms with E-state index in [9.17, 15) is 22.8 Å². The molecule has 216 valence electrons. The maximum atomic E-state index is 13.8. The van der Waals surface area contributed by atoms with Crippen LogP contribution in [0.2, 0.25) is 5.02 Å². The molecule has 1 heterocycles. The number of halogens is 1. The summed E-state index contributed by atoms with van der Waals surface area (Å²) >= 11 is 6.46. The van der Waals surface area contributed by atoms with Crippen molar-refractivity contribution in [3.05, 3.63) is 101 Å². The summed E-state index contributed by atoms with van der Waals surface area (Å²) in [5, 5.41) is 3.47. The number of benzene rings is 3. The van der Waals surface area contributed by atoms with Gasteiger partial charge in [-0.25, -0.2) is 12.7 Å². The predicted octanol–water partition coefficient (Wildman–Crippen LogP) is 4.82.